The van der Waals surface area contributed by atoms with Crippen LogP contribution >= 0.6 is 0 Å². The fraction of sp³-hybridized carbons (Fsp3) is 0.517. The van der Waals surface area contributed by atoms with E-state index in [1.165, 1.54) is 16.8 Å². The Hall–Kier alpha value is -2.90. The lowest BCUT2D eigenvalue weighted by Crippen LogP contribution is -2.52. The third-order valence-electron chi connectivity index (χ3n) is 8.62. The normalized spacial score (nSPS) is 26.7. The molecule has 7 heteroatoms. The highest BCUT2D eigenvalue weighted by Gasteiger charge is 2.36. The second-order valence-corrected chi connectivity index (χ2v) is 10.9. The van der Waals surface area contributed by atoms with Crippen LogP contribution in [-0.4, -0.2) is 66.8 Å². The summed E-state index contributed by atoms with van der Waals surface area (Å²) in [5, 5.41) is 8.07. The molecular weight excluding hydrogens is 450 g/mol. The molecule has 1 aromatic carbocycles. The number of nitrogens with zero attached hydrogens (tertiary/aromatic N) is 4. The van der Waals surface area contributed by atoms with Crippen molar-refractivity contribution >= 4 is 17.1 Å². The van der Waals surface area contributed by atoms with Crippen LogP contribution in [0.25, 0.3) is 16.6 Å². The monoisotopic (exact) mass is 487 g/mol. The van der Waals surface area contributed by atoms with Gasteiger partial charge in [0.1, 0.15) is 5.60 Å². The number of hydrogen-bond donors (Lipinski definition) is 1. The van der Waals surface area contributed by atoms with Crippen molar-refractivity contribution in [3.05, 3.63) is 54.4 Å². The van der Waals surface area contributed by atoms with E-state index in [2.05, 4.69) is 69.7 Å². The lowest BCUT2D eigenvalue weighted by molar-refractivity contribution is -0.140. The number of carbonyl (C=O) groups excluding carboxylic acids is 1. The molecule has 0 spiro atoms. The van der Waals surface area contributed by atoms with Crippen molar-refractivity contribution in [1.82, 2.24) is 19.8 Å². The second kappa shape index (κ2) is 9.52. The van der Waals surface area contributed by atoms with E-state index in [1.54, 1.807) is 0 Å². The Labute approximate surface area is 213 Å². The highest BCUT2D eigenvalue weighted by Crippen LogP contribution is 2.36. The summed E-state index contributed by atoms with van der Waals surface area (Å²) in [7, 11) is 1.82. The van der Waals surface area contributed by atoms with Crippen LogP contribution in [0.3, 0.4) is 0 Å². The number of carbonyl (C=O) groups is 1. The minimum absolute atomic E-state index is 0.239. The van der Waals surface area contributed by atoms with Crippen LogP contribution in [-0.2, 0) is 15.1 Å². The van der Waals surface area contributed by atoms with Crippen LogP contribution in [0.1, 0.15) is 38.2 Å². The Morgan fingerprint density at radius 1 is 1.08 bits per heavy atom. The Kier molecular flexibility index (Phi) is 6.21. The fourth-order valence-corrected chi connectivity index (χ4v) is 6.34. The minimum Gasteiger partial charge on any atom is -0.372 e. The molecule has 6 rings (SSSR count). The summed E-state index contributed by atoms with van der Waals surface area (Å²) in [6.45, 7) is 7.45. The molecule has 0 bridgehead atoms. The minimum atomic E-state index is -0.239. The maximum atomic E-state index is 12.8. The first kappa shape index (κ1) is 23.5. The van der Waals surface area contributed by atoms with Gasteiger partial charge in [-0.05, 0) is 61.4 Å². The SMILES string of the molecule is CO[C@@]1(c2ccc(-c3cc4c(N5CCN(C(=O)C6CC(C)C6)CC5)ccnn4c3)cc2)CCCNC1. The highest BCUT2D eigenvalue weighted by atomic mass is 16.5. The van der Waals surface area contributed by atoms with Gasteiger partial charge in [-0.1, -0.05) is 31.2 Å². The van der Waals surface area contributed by atoms with E-state index in [0.29, 0.717) is 11.8 Å². The Balaban J connectivity index is 1.19. The molecule has 1 atom stereocenters. The lowest BCUT2D eigenvalue weighted by atomic mass is 9.75. The second-order valence-electron chi connectivity index (χ2n) is 10.9. The third kappa shape index (κ3) is 4.18. The third-order valence-corrected chi connectivity index (χ3v) is 8.62. The summed E-state index contributed by atoms with van der Waals surface area (Å²) in [5.41, 5.74) is 5.61. The number of methoxy groups -OCH3 is 1. The van der Waals surface area contributed by atoms with Crippen molar-refractivity contribution in [3.63, 3.8) is 0 Å². The van der Waals surface area contributed by atoms with E-state index in [9.17, 15) is 4.79 Å². The van der Waals surface area contributed by atoms with Crippen LogP contribution in [0.5, 0.6) is 0 Å². The predicted molar refractivity (Wildman–Crippen MR) is 142 cm³/mol. The van der Waals surface area contributed by atoms with Crippen molar-refractivity contribution in [2.75, 3.05) is 51.3 Å². The van der Waals surface area contributed by atoms with Crippen molar-refractivity contribution in [1.29, 1.82) is 0 Å². The number of piperazine rings is 1. The van der Waals surface area contributed by atoms with E-state index in [4.69, 9.17) is 4.74 Å². The van der Waals surface area contributed by atoms with Crippen LogP contribution in [0.4, 0.5) is 5.69 Å². The van der Waals surface area contributed by atoms with Crippen molar-refractivity contribution in [2.24, 2.45) is 11.8 Å². The molecule has 1 aliphatic carbocycles. The Morgan fingerprint density at radius 2 is 1.86 bits per heavy atom. The first-order valence-corrected chi connectivity index (χ1v) is 13.4. The van der Waals surface area contributed by atoms with Gasteiger partial charge in [-0.25, -0.2) is 4.52 Å². The van der Waals surface area contributed by atoms with Gasteiger partial charge >= 0.3 is 0 Å². The summed E-state index contributed by atoms with van der Waals surface area (Å²) in [6, 6.07) is 13.2. The van der Waals surface area contributed by atoms with E-state index in [0.717, 1.165) is 76.0 Å². The molecule has 3 fully saturated rings. The number of piperidine rings is 1. The largest absolute Gasteiger partial charge is 0.372 e. The molecule has 7 nitrogen and oxygen atoms in total. The first-order valence-electron chi connectivity index (χ1n) is 13.4. The number of ether oxygens (including phenoxy) is 1. The number of rotatable bonds is 5. The number of fused-ring (bicyclic) bond motifs is 1. The number of nitrogens with one attached hydrogen (secondary N) is 1. The van der Waals surface area contributed by atoms with E-state index in [-0.39, 0.29) is 11.5 Å². The van der Waals surface area contributed by atoms with Gasteiger partial charge in [0.05, 0.1) is 11.2 Å². The zero-order valence-electron chi connectivity index (χ0n) is 21.4. The molecular formula is C29H37N5O2. The Morgan fingerprint density at radius 3 is 2.53 bits per heavy atom. The van der Waals surface area contributed by atoms with Crippen molar-refractivity contribution in [2.45, 2.75) is 38.2 Å². The molecule has 1 N–H and O–H groups in total. The van der Waals surface area contributed by atoms with Gasteiger partial charge in [-0.2, -0.15) is 5.10 Å². The average Bonchev–Trinajstić information content (AvgIpc) is 3.36. The van der Waals surface area contributed by atoms with Gasteiger partial charge < -0.3 is 19.9 Å². The lowest BCUT2D eigenvalue weighted by Gasteiger charge is -2.40. The molecule has 1 amide bonds. The van der Waals surface area contributed by atoms with Gasteiger partial charge in [-0.3, -0.25) is 4.79 Å². The first-order chi connectivity index (χ1) is 17.6. The molecule has 1 saturated carbocycles. The maximum absolute atomic E-state index is 12.8. The molecule has 2 aromatic heterocycles. The highest BCUT2D eigenvalue weighted by molar-refractivity contribution is 5.82. The summed E-state index contributed by atoms with van der Waals surface area (Å²) in [4.78, 5) is 17.3. The van der Waals surface area contributed by atoms with Crippen LogP contribution in [0.2, 0.25) is 0 Å². The fourth-order valence-electron chi connectivity index (χ4n) is 6.34. The number of hydrogen-bond acceptors (Lipinski definition) is 5. The van der Waals surface area contributed by atoms with Crippen LogP contribution < -0.4 is 10.2 Å². The topological polar surface area (TPSA) is 62.1 Å². The van der Waals surface area contributed by atoms with Gasteiger partial charge in [0.2, 0.25) is 5.91 Å². The van der Waals surface area contributed by atoms with Crippen LogP contribution in [0.15, 0.2) is 48.8 Å². The van der Waals surface area contributed by atoms with Gasteiger partial charge in [-0.15, -0.1) is 0 Å². The molecule has 190 valence electrons. The molecule has 0 unspecified atom stereocenters. The van der Waals surface area contributed by atoms with Crippen LogP contribution in [0, 0.1) is 11.8 Å². The summed E-state index contributed by atoms with van der Waals surface area (Å²) in [6.07, 6.45) is 8.26. The number of benzene rings is 1. The summed E-state index contributed by atoms with van der Waals surface area (Å²) < 4.78 is 7.96. The zero-order valence-corrected chi connectivity index (χ0v) is 21.4. The molecule has 4 heterocycles. The Bertz CT molecular complexity index is 1220. The number of aromatic nitrogens is 2. The molecule has 2 aliphatic heterocycles. The average molecular weight is 488 g/mol. The van der Waals surface area contributed by atoms with E-state index < -0.39 is 0 Å². The van der Waals surface area contributed by atoms with E-state index >= 15 is 0 Å². The zero-order chi connectivity index (χ0) is 24.7. The molecule has 2 saturated heterocycles. The molecule has 3 aliphatic rings. The van der Waals surface area contributed by atoms with Gasteiger partial charge in [0, 0.05) is 63.7 Å². The molecule has 36 heavy (non-hydrogen) atoms. The number of amides is 1. The van der Waals surface area contributed by atoms with Gasteiger partial charge in [0.25, 0.3) is 0 Å². The van der Waals surface area contributed by atoms with Crippen molar-refractivity contribution in [3.8, 4) is 11.1 Å². The number of anilines is 1. The van der Waals surface area contributed by atoms with Gasteiger partial charge in [0.15, 0.2) is 0 Å². The summed E-state index contributed by atoms with van der Waals surface area (Å²) in [5.74, 6) is 1.32. The maximum Gasteiger partial charge on any atom is 0.225 e. The standard InChI is InChI=1S/C29H37N5O2/c1-21-16-23(17-21)28(35)33-14-12-32(13-15-33)26-8-11-31-34-19-24(18-27(26)34)22-4-6-25(7-5-22)29(36-2)9-3-10-30-20-29/h4-8,11,18-19,21,23,30H,3,9-10,12-17,20H2,1-2H3/t21?,23?,29-/m0/s1. The molecule has 0 radical (unpaired) electrons. The quantitative estimate of drug-likeness (QED) is 0.591. The summed E-state index contributed by atoms with van der Waals surface area (Å²) >= 11 is 0. The smallest absolute Gasteiger partial charge is 0.225 e. The predicted octanol–water partition coefficient (Wildman–Crippen LogP) is 3.92. The molecule has 3 aromatic rings. The van der Waals surface area contributed by atoms with Crippen molar-refractivity contribution < 1.29 is 9.53 Å². The van der Waals surface area contributed by atoms with E-state index in [1.807, 2.05) is 17.8 Å².